The van der Waals surface area contributed by atoms with Crippen molar-refractivity contribution in [3.05, 3.63) is 76.7 Å². The first kappa shape index (κ1) is 21.7. The van der Waals surface area contributed by atoms with Crippen LogP contribution in [0.15, 0.2) is 65.7 Å². The van der Waals surface area contributed by atoms with Crippen LogP contribution in [0.4, 0.5) is 21.6 Å². The molecule has 2 aromatic carbocycles. The standard InChI is InChI=1S/C21H19Cl2FN4O2S/c22-18-13-17(6-7-20(18)24)31(29,30)26-15-12-19(23)21(25-14-15)28-10-8-27(9-11-28)16-4-2-1-3-5-16/h1-7,12-14,26H,8-11H2. The second-order valence-corrected chi connectivity index (χ2v) is 9.52. The summed E-state index contributed by atoms with van der Waals surface area (Å²) in [5.41, 5.74) is 1.38. The third-order valence-electron chi connectivity index (χ3n) is 4.98. The number of anilines is 3. The van der Waals surface area contributed by atoms with Crippen LogP contribution in [0.5, 0.6) is 0 Å². The third kappa shape index (κ3) is 4.87. The van der Waals surface area contributed by atoms with Crippen LogP contribution in [-0.2, 0) is 10.0 Å². The van der Waals surface area contributed by atoms with Crippen LogP contribution in [-0.4, -0.2) is 39.6 Å². The first-order valence-corrected chi connectivity index (χ1v) is 11.8. The predicted molar refractivity (Wildman–Crippen MR) is 122 cm³/mol. The number of para-hydroxylation sites is 1. The molecule has 4 rings (SSSR count). The minimum absolute atomic E-state index is 0.156. The average Bonchev–Trinajstić information content (AvgIpc) is 2.76. The Morgan fingerprint density at radius 3 is 2.23 bits per heavy atom. The van der Waals surface area contributed by atoms with E-state index in [0.29, 0.717) is 10.8 Å². The molecule has 6 nitrogen and oxygen atoms in total. The monoisotopic (exact) mass is 480 g/mol. The van der Waals surface area contributed by atoms with E-state index in [4.69, 9.17) is 23.2 Å². The Balaban J connectivity index is 1.45. The van der Waals surface area contributed by atoms with Gasteiger partial charge in [0.2, 0.25) is 0 Å². The van der Waals surface area contributed by atoms with Gasteiger partial charge in [0.25, 0.3) is 10.0 Å². The summed E-state index contributed by atoms with van der Waals surface area (Å²) in [6.07, 6.45) is 1.41. The van der Waals surface area contributed by atoms with Crippen molar-refractivity contribution >= 4 is 50.4 Å². The Morgan fingerprint density at radius 1 is 0.903 bits per heavy atom. The summed E-state index contributed by atoms with van der Waals surface area (Å²) in [4.78, 5) is 8.58. The molecule has 1 aromatic heterocycles. The van der Waals surface area contributed by atoms with Crippen molar-refractivity contribution in [2.75, 3.05) is 40.7 Å². The quantitative estimate of drug-likeness (QED) is 0.575. The summed E-state index contributed by atoms with van der Waals surface area (Å²) in [6, 6.07) is 14.9. The lowest BCUT2D eigenvalue weighted by atomic mass is 10.2. The van der Waals surface area contributed by atoms with E-state index in [-0.39, 0.29) is 15.6 Å². The number of halogens is 3. The fourth-order valence-electron chi connectivity index (χ4n) is 3.39. The van der Waals surface area contributed by atoms with Crippen LogP contribution < -0.4 is 14.5 Å². The van der Waals surface area contributed by atoms with E-state index < -0.39 is 15.8 Å². The van der Waals surface area contributed by atoms with E-state index >= 15 is 0 Å². The first-order chi connectivity index (χ1) is 14.8. The highest BCUT2D eigenvalue weighted by Crippen LogP contribution is 2.29. The molecule has 0 spiro atoms. The Kier molecular flexibility index (Phi) is 6.22. The Labute approximate surface area is 190 Å². The zero-order chi connectivity index (χ0) is 22.0. The molecule has 10 heteroatoms. The zero-order valence-corrected chi connectivity index (χ0v) is 18.6. The molecule has 3 aromatic rings. The number of rotatable bonds is 5. The summed E-state index contributed by atoms with van der Waals surface area (Å²) in [5, 5.41) is 0.0644. The topological polar surface area (TPSA) is 65.5 Å². The van der Waals surface area contributed by atoms with Crippen LogP contribution >= 0.6 is 23.2 Å². The number of sulfonamides is 1. The molecular formula is C21H19Cl2FN4O2S. The first-order valence-electron chi connectivity index (χ1n) is 9.52. The Hall–Kier alpha value is -2.55. The largest absolute Gasteiger partial charge is 0.368 e. The molecule has 1 saturated heterocycles. The molecule has 0 unspecified atom stereocenters. The molecule has 0 aliphatic carbocycles. The van der Waals surface area contributed by atoms with Crippen molar-refractivity contribution in [3.8, 4) is 0 Å². The number of hydrogen-bond donors (Lipinski definition) is 1. The van der Waals surface area contributed by atoms with E-state index in [2.05, 4.69) is 31.6 Å². The zero-order valence-electron chi connectivity index (χ0n) is 16.3. The van der Waals surface area contributed by atoms with Crippen LogP contribution in [0.25, 0.3) is 0 Å². The van der Waals surface area contributed by atoms with Gasteiger partial charge in [0.15, 0.2) is 0 Å². The average molecular weight is 481 g/mol. The van der Waals surface area contributed by atoms with Gasteiger partial charge in [0, 0.05) is 31.9 Å². The molecule has 1 N–H and O–H groups in total. The lowest BCUT2D eigenvalue weighted by molar-refractivity contribution is 0.599. The van der Waals surface area contributed by atoms with Gasteiger partial charge in [-0.05, 0) is 36.4 Å². The maximum atomic E-state index is 13.3. The molecule has 0 radical (unpaired) electrons. The van der Waals surface area contributed by atoms with E-state index in [0.717, 1.165) is 44.4 Å². The highest BCUT2D eigenvalue weighted by atomic mass is 35.5. The molecule has 0 bridgehead atoms. The SMILES string of the molecule is O=S(=O)(Nc1cnc(N2CCN(c3ccccc3)CC2)c(Cl)c1)c1ccc(F)c(Cl)c1. The highest BCUT2D eigenvalue weighted by Gasteiger charge is 2.22. The van der Waals surface area contributed by atoms with Gasteiger partial charge in [0.1, 0.15) is 11.6 Å². The van der Waals surface area contributed by atoms with Crippen LogP contribution in [0, 0.1) is 5.82 Å². The minimum atomic E-state index is -3.97. The fraction of sp³-hybridized carbons (Fsp3) is 0.190. The van der Waals surface area contributed by atoms with Gasteiger partial charge < -0.3 is 9.80 Å². The van der Waals surface area contributed by atoms with Crippen molar-refractivity contribution in [1.29, 1.82) is 0 Å². The number of nitrogens with zero attached hydrogens (tertiary/aromatic N) is 3. The Bertz CT molecular complexity index is 1190. The van der Waals surface area contributed by atoms with E-state index in [1.807, 2.05) is 18.2 Å². The maximum absolute atomic E-state index is 13.3. The van der Waals surface area contributed by atoms with Crippen molar-refractivity contribution in [2.24, 2.45) is 0 Å². The summed E-state index contributed by atoms with van der Waals surface area (Å²) in [7, 11) is -3.97. The normalized spacial score (nSPS) is 14.5. The summed E-state index contributed by atoms with van der Waals surface area (Å²) >= 11 is 12.1. The minimum Gasteiger partial charge on any atom is -0.368 e. The second-order valence-electron chi connectivity index (χ2n) is 7.02. The molecule has 1 aliphatic heterocycles. The molecule has 2 heterocycles. The third-order valence-corrected chi connectivity index (χ3v) is 6.92. The van der Waals surface area contributed by atoms with Gasteiger partial charge in [0.05, 0.1) is 26.8 Å². The van der Waals surface area contributed by atoms with Gasteiger partial charge in [-0.3, -0.25) is 4.72 Å². The maximum Gasteiger partial charge on any atom is 0.261 e. The van der Waals surface area contributed by atoms with Crippen molar-refractivity contribution in [1.82, 2.24) is 4.98 Å². The number of piperazine rings is 1. The van der Waals surface area contributed by atoms with E-state index in [1.54, 1.807) is 0 Å². The van der Waals surface area contributed by atoms with Gasteiger partial charge in [-0.25, -0.2) is 17.8 Å². The van der Waals surface area contributed by atoms with Crippen molar-refractivity contribution in [2.45, 2.75) is 4.90 Å². The molecule has 0 atom stereocenters. The molecular weight excluding hydrogens is 462 g/mol. The highest BCUT2D eigenvalue weighted by molar-refractivity contribution is 7.92. The van der Waals surface area contributed by atoms with Gasteiger partial charge in [-0.1, -0.05) is 41.4 Å². The summed E-state index contributed by atoms with van der Waals surface area (Å²) in [6.45, 7) is 3.12. The molecule has 1 aliphatic rings. The molecule has 162 valence electrons. The number of hydrogen-bond acceptors (Lipinski definition) is 5. The van der Waals surface area contributed by atoms with Gasteiger partial charge >= 0.3 is 0 Å². The lowest BCUT2D eigenvalue weighted by Crippen LogP contribution is -2.46. The predicted octanol–water partition coefficient (Wildman–Crippen LogP) is 4.65. The lowest BCUT2D eigenvalue weighted by Gasteiger charge is -2.37. The smallest absolute Gasteiger partial charge is 0.261 e. The summed E-state index contributed by atoms with van der Waals surface area (Å²) < 4.78 is 40.8. The van der Waals surface area contributed by atoms with Crippen LogP contribution in [0.2, 0.25) is 10.0 Å². The summed E-state index contributed by atoms with van der Waals surface area (Å²) in [5.74, 6) is -0.0933. The number of aromatic nitrogens is 1. The van der Waals surface area contributed by atoms with E-state index in [1.165, 1.54) is 18.0 Å². The van der Waals surface area contributed by atoms with Crippen LogP contribution in [0.3, 0.4) is 0 Å². The molecule has 0 amide bonds. The van der Waals surface area contributed by atoms with Crippen LogP contribution in [0.1, 0.15) is 0 Å². The Morgan fingerprint density at radius 2 is 1.58 bits per heavy atom. The van der Waals surface area contributed by atoms with E-state index in [9.17, 15) is 12.8 Å². The second kappa shape index (κ2) is 8.90. The van der Waals surface area contributed by atoms with Crippen molar-refractivity contribution in [3.63, 3.8) is 0 Å². The number of pyridine rings is 1. The molecule has 31 heavy (non-hydrogen) atoms. The van der Waals surface area contributed by atoms with Crippen molar-refractivity contribution < 1.29 is 12.8 Å². The molecule has 0 saturated carbocycles. The number of nitrogens with one attached hydrogen (secondary N) is 1. The van der Waals surface area contributed by atoms with Gasteiger partial charge in [-0.15, -0.1) is 0 Å². The molecule has 1 fully saturated rings. The number of benzene rings is 2. The van der Waals surface area contributed by atoms with Gasteiger partial charge in [-0.2, -0.15) is 0 Å². The fourth-order valence-corrected chi connectivity index (χ4v) is 4.98.